The minimum atomic E-state index is -0.325. The molecule has 2 N–H and O–H groups in total. The Morgan fingerprint density at radius 3 is 3.00 bits per heavy atom. The number of carbonyl (C=O) groups is 1. The number of rotatable bonds is 3. The highest BCUT2D eigenvalue weighted by atomic mass is 35.5. The van der Waals surface area contributed by atoms with E-state index in [-0.39, 0.29) is 23.2 Å². The van der Waals surface area contributed by atoms with Crippen LogP contribution in [0.5, 0.6) is 5.88 Å². The van der Waals surface area contributed by atoms with Gasteiger partial charge in [-0.1, -0.05) is 11.6 Å². The normalized spacial score (nSPS) is 10.7. The minimum Gasteiger partial charge on any atom is -0.480 e. The number of ether oxygens (including phenoxy) is 1. The van der Waals surface area contributed by atoms with E-state index in [9.17, 15) is 4.79 Å². The van der Waals surface area contributed by atoms with Gasteiger partial charge in [-0.25, -0.2) is 4.98 Å². The van der Waals surface area contributed by atoms with E-state index in [0.29, 0.717) is 11.5 Å². The molecule has 0 unspecified atom stereocenters. The number of hydrogen-bond acceptors (Lipinski definition) is 5. The Morgan fingerprint density at radius 1 is 1.62 bits per heavy atom. The van der Waals surface area contributed by atoms with E-state index in [0.717, 1.165) is 0 Å². The van der Waals surface area contributed by atoms with Crippen molar-refractivity contribution in [2.75, 3.05) is 13.7 Å². The van der Waals surface area contributed by atoms with Crippen LogP contribution < -0.4 is 10.5 Å². The fourth-order valence-corrected chi connectivity index (χ4v) is 1.54. The molecular formula is C9H9ClN4O2. The number of ketones is 1. The van der Waals surface area contributed by atoms with Crippen LogP contribution in [-0.2, 0) is 0 Å². The maximum Gasteiger partial charge on any atom is 0.231 e. The summed E-state index contributed by atoms with van der Waals surface area (Å²) < 4.78 is 6.28. The first-order valence-corrected chi connectivity index (χ1v) is 4.87. The largest absolute Gasteiger partial charge is 0.480 e. The fraction of sp³-hybridized carbons (Fsp3) is 0.222. The highest BCUT2D eigenvalue weighted by molar-refractivity contribution is 6.33. The van der Waals surface area contributed by atoms with Crippen molar-refractivity contribution in [3.63, 3.8) is 0 Å². The first-order chi connectivity index (χ1) is 7.67. The maximum absolute atomic E-state index is 11.4. The molecule has 0 aliphatic heterocycles. The van der Waals surface area contributed by atoms with Crippen LogP contribution in [0.25, 0.3) is 5.65 Å². The van der Waals surface area contributed by atoms with Gasteiger partial charge in [-0.2, -0.15) is 4.52 Å². The molecular weight excluding hydrogens is 232 g/mol. The van der Waals surface area contributed by atoms with E-state index in [4.69, 9.17) is 22.1 Å². The van der Waals surface area contributed by atoms with Gasteiger partial charge in [-0.05, 0) is 6.07 Å². The molecule has 7 heteroatoms. The number of carbonyl (C=O) groups excluding carboxylic acids is 1. The van der Waals surface area contributed by atoms with Crippen LogP contribution in [0.3, 0.4) is 0 Å². The second-order valence-corrected chi connectivity index (χ2v) is 3.38. The van der Waals surface area contributed by atoms with Gasteiger partial charge in [0.1, 0.15) is 5.69 Å². The Bertz CT molecular complexity index is 552. The summed E-state index contributed by atoms with van der Waals surface area (Å²) in [5, 5.41) is 4.18. The summed E-state index contributed by atoms with van der Waals surface area (Å²) in [6, 6.07) is 3.29. The second-order valence-electron chi connectivity index (χ2n) is 3.02. The molecule has 0 fully saturated rings. The molecule has 2 aromatic rings. The SMILES string of the molecule is COc1ccc2nc(C(=O)CN)c(Cl)n2n1. The highest BCUT2D eigenvalue weighted by Gasteiger charge is 2.17. The zero-order chi connectivity index (χ0) is 11.7. The molecule has 0 aromatic carbocycles. The summed E-state index contributed by atoms with van der Waals surface area (Å²) in [5.41, 5.74) is 5.85. The number of nitrogens with two attached hydrogens (primary N) is 1. The Labute approximate surface area is 96.0 Å². The lowest BCUT2D eigenvalue weighted by atomic mass is 10.3. The van der Waals surface area contributed by atoms with E-state index >= 15 is 0 Å². The molecule has 0 saturated carbocycles. The Kier molecular flexibility index (Phi) is 2.76. The first-order valence-electron chi connectivity index (χ1n) is 4.50. The molecule has 0 radical (unpaired) electrons. The van der Waals surface area contributed by atoms with Crippen molar-refractivity contribution in [3.05, 3.63) is 23.0 Å². The summed E-state index contributed by atoms with van der Waals surface area (Å²) in [6.45, 7) is -0.138. The van der Waals surface area contributed by atoms with Crippen LogP contribution in [0.2, 0.25) is 5.15 Å². The second kappa shape index (κ2) is 4.07. The Balaban J connectivity index is 2.64. The van der Waals surface area contributed by atoms with Gasteiger partial charge in [0.15, 0.2) is 16.6 Å². The average molecular weight is 241 g/mol. The van der Waals surface area contributed by atoms with E-state index in [1.165, 1.54) is 11.6 Å². The molecule has 0 atom stereocenters. The van der Waals surface area contributed by atoms with Gasteiger partial charge in [-0.3, -0.25) is 4.79 Å². The maximum atomic E-state index is 11.4. The van der Waals surface area contributed by atoms with Gasteiger partial charge in [-0.15, -0.1) is 5.10 Å². The van der Waals surface area contributed by atoms with Crippen molar-refractivity contribution in [1.29, 1.82) is 0 Å². The molecule has 0 aliphatic rings. The smallest absolute Gasteiger partial charge is 0.231 e. The van der Waals surface area contributed by atoms with Crippen LogP contribution in [-0.4, -0.2) is 34.0 Å². The van der Waals surface area contributed by atoms with Crippen LogP contribution in [0.15, 0.2) is 12.1 Å². The lowest BCUT2D eigenvalue weighted by Gasteiger charge is -1.98. The zero-order valence-corrected chi connectivity index (χ0v) is 9.23. The van der Waals surface area contributed by atoms with Crippen molar-refractivity contribution < 1.29 is 9.53 Å². The number of halogens is 1. The zero-order valence-electron chi connectivity index (χ0n) is 8.48. The van der Waals surface area contributed by atoms with Gasteiger partial charge >= 0.3 is 0 Å². The lowest BCUT2D eigenvalue weighted by molar-refractivity contribution is 0.0997. The van der Waals surface area contributed by atoms with Crippen molar-refractivity contribution in [1.82, 2.24) is 14.6 Å². The lowest BCUT2D eigenvalue weighted by Crippen LogP contribution is -2.14. The summed E-state index contributed by atoms with van der Waals surface area (Å²) in [7, 11) is 1.49. The molecule has 2 rings (SSSR count). The van der Waals surface area contributed by atoms with E-state index in [1.807, 2.05) is 0 Å². The molecule has 6 nitrogen and oxygen atoms in total. The fourth-order valence-electron chi connectivity index (χ4n) is 1.27. The third-order valence-electron chi connectivity index (χ3n) is 2.06. The third-order valence-corrected chi connectivity index (χ3v) is 2.40. The van der Waals surface area contributed by atoms with Crippen molar-refractivity contribution in [2.24, 2.45) is 5.73 Å². The van der Waals surface area contributed by atoms with E-state index < -0.39 is 0 Å². The first kappa shape index (κ1) is 10.8. The average Bonchev–Trinajstić information content (AvgIpc) is 2.65. The number of hydrogen-bond donors (Lipinski definition) is 1. The number of aromatic nitrogens is 3. The quantitative estimate of drug-likeness (QED) is 0.792. The van der Waals surface area contributed by atoms with Gasteiger partial charge in [0.2, 0.25) is 5.88 Å². The number of fused-ring (bicyclic) bond motifs is 1. The molecule has 0 saturated heterocycles. The summed E-state index contributed by atoms with van der Waals surface area (Å²) in [4.78, 5) is 15.5. The number of imidazole rings is 1. The van der Waals surface area contributed by atoms with Crippen LogP contribution in [0.1, 0.15) is 10.5 Å². The molecule has 84 valence electrons. The highest BCUT2D eigenvalue weighted by Crippen LogP contribution is 2.19. The van der Waals surface area contributed by atoms with Gasteiger partial charge in [0.25, 0.3) is 0 Å². The van der Waals surface area contributed by atoms with Crippen LogP contribution in [0, 0.1) is 0 Å². The molecule has 2 heterocycles. The number of methoxy groups -OCH3 is 1. The van der Waals surface area contributed by atoms with E-state index in [2.05, 4.69) is 10.1 Å². The monoisotopic (exact) mass is 240 g/mol. The van der Waals surface area contributed by atoms with Gasteiger partial charge in [0.05, 0.1) is 13.7 Å². The van der Waals surface area contributed by atoms with E-state index in [1.54, 1.807) is 12.1 Å². The molecule has 16 heavy (non-hydrogen) atoms. The van der Waals surface area contributed by atoms with Crippen molar-refractivity contribution in [2.45, 2.75) is 0 Å². The minimum absolute atomic E-state index is 0.130. The van der Waals surface area contributed by atoms with Crippen molar-refractivity contribution >= 4 is 23.0 Å². The molecule has 2 aromatic heterocycles. The van der Waals surface area contributed by atoms with Crippen LogP contribution >= 0.6 is 11.6 Å². The summed E-state index contributed by atoms with van der Waals surface area (Å²) in [5.74, 6) is 0.0630. The molecule has 0 aliphatic carbocycles. The van der Waals surface area contributed by atoms with Gasteiger partial charge < -0.3 is 10.5 Å². The molecule has 0 amide bonds. The topological polar surface area (TPSA) is 82.5 Å². The van der Waals surface area contributed by atoms with Crippen molar-refractivity contribution in [3.8, 4) is 5.88 Å². The third kappa shape index (κ3) is 1.62. The van der Waals surface area contributed by atoms with Gasteiger partial charge in [0, 0.05) is 6.07 Å². The predicted octanol–water partition coefficient (Wildman–Crippen LogP) is 0.533. The Morgan fingerprint density at radius 2 is 2.38 bits per heavy atom. The van der Waals surface area contributed by atoms with Crippen LogP contribution in [0.4, 0.5) is 0 Å². The molecule has 0 bridgehead atoms. The standard InChI is InChI=1S/C9H9ClN4O2/c1-16-7-3-2-6-12-8(5(15)4-11)9(10)14(6)13-7/h2-3H,4,11H2,1H3. The summed E-state index contributed by atoms with van der Waals surface area (Å²) >= 11 is 5.97. The Hall–Kier alpha value is -1.66. The predicted molar refractivity (Wildman–Crippen MR) is 57.9 cm³/mol. The molecule has 0 spiro atoms. The number of nitrogens with zero attached hydrogens (tertiary/aromatic N) is 3. The number of Topliss-reactive ketones (excluding diaryl/α,β-unsaturated/α-hetero) is 1. The summed E-state index contributed by atoms with van der Waals surface area (Å²) in [6.07, 6.45) is 0.